The molecule has 128 valence electrons. The maximum atomic E-state index is 5.73. The molecule has 0 aromatic carbocycles. The molecule has 0 radical (unpaired) electrons. The largest absolute Gasteiger partial charge is 0.381 e. The summed E-state index contributed by atoms with van der Waals surface area (Å²) in [5.41, 5.74) is 0.477. The van der Waals surface area contributed by atoms with Crippen molar-refractivity contribution in [3.05, 3.63) is 0 Å². The Labute approximate surface area is 135 Å². The van der Waals surface area contributed by atoms with E-state index in [1.165, 1.54) is 0 Å². The van der Waals surface area contributed by atoms with Crippen LogP contribution in [0.15, 0.2) is 4.99 Å². The van der Waals surface area contributed by atoms with Gasteiger partial charge in [-0.05, 0) is 26.7 Å². The van der Waals surface area contributed by atoms with Crippen molar-refractivity contribution < 1.29 is 9.47 Å². The number of guanidine groups is 1. The molecule has 2 aliphatic heterocycles. The Morgan fingerprint density at radius 2 is 2.14 bits per heavy atom. The van der Waals surface area contributed by atoms with Gasteiger partial charge >= 0.3 is 0 Å². The van der Waals surface area contributed by atoms with Crippen molar-refractivity contribution in [1.82, 2.24) is 10.2 Å². The minimum atomic E-state index is 0.147. The molecule has 5 heteroatoms. The van der Waals surface area contributed by atoms with Crippen LogP contribution in [0.4, 0.5) is 0 Å². The molecule has 2 fully saturated rings. The molecule has 2 rings (SSSR count). The number of aliphatic imine (C=N–C) groups is 1. The van der Waals surface area contributed by atoms with Gasteiger partial charge in [-0.3, -0.25) is 4.99 Å². The fourth-order valence-electron chi connectivity index (χ4n) is 3.03. The summed E-state index contributed by atoms with van der Waals surface area (Å²) in [6, 6.07) is 0. The van der Waals surface area contributed by atoms with Crippen LogP contribution in [0.5, 0.6) is 0 Å². The third kappa shape index (κ3) is 3.74. The second-order valence-electron chi connectivity index (χ2n) is 7.66. The normalized spacial score (nSPS) is 26.9. The van der Waals surface area contributed by atoms with Gasteiger partial charge in [0.25, 0.3) is 0 Å². The number of hydrogen-bond donors (Lipinski definition) is 1. The number of nitrogens with one attached hydrogen (secondary N) is 1. The van der Waals surface area contributed by atoms with E-state index in [9.17, 15) is 0 Å². The van der Waals surface area contributed by atoms with Crippen LogP contribution >= 0.6 is 0 Å². The molecule has 0 bridgehead atoms. The number of ether oxygens (including phenoxy) is 2. The summed E-state index contributed by atoms with van der Waals surface area (Å²) < 4.78 is 11.1. The smallest absolute Gasteiger partial charge is 0.194 e. The maximum Gasteiger partial charge on any atom is 0.194 e. The summed E-state index contributed by atoms with van der Waals surface area (Å²) in [6.45, 7) is 14.6. The van der Waals surface area contributed by atoms with E-state index in [4.69, 9.17) is 9.47 Å². The van der Waals surface area contributed by atoms with Gasteiger partial charge in [0.1, 0.15) is 0 Å². The van der Waals surface area contributed by atoms with E-state index in [-0.39, 0.29) is 5.54 Å². The van der Waals surface area contributed by atoms with Crippen molar-refractivity contribution in [2.24, 2.45) is 16.3 Å². The van der Waals surface area contributed by atoms with Crippen LogP contribution in [0.3, 0.4) is 0 Å². The van der Waals surface area contributed by atoms with Gasteiger partial charge in [-0.2, -0.15) is 0 Å². The molecule has 2 heterocycles. The number of rotatable bonds is 6. The molecular weight excluding hydrogens is 278 g/mol. The zero-order valence-electron chi connectivity index (χ0n) is 14.9. The number of likely N-dealkylation sites (tertiary alicyclic amines) is 1. The molecular formula is C17H33N3O2. The Hall–Kier alpha value is -0.810. The van der Waals surface area contributed by atoms with Crippen LogP contribution in [0, 0.1) is 11.3 Å². The Morgan fingerprint density at radius 1 is 1.36 bits per heavy atom. The van der Waals surface area contributed by atoms with E-state index in [1.54, 1.807) is 0 Å². The highest BCUT2D eigenvalue weighted by Crippen LogP contribution is 2.46. The molecule has 5 nitrogen and oxygen atoms in total. The van der Waals surface area contributed by atoms with Crippen LogP contribution in [-0.4, -0.2) is 63.0 Å². The summed E-state index contributed by atoms with van der Waals surface area (Å²) in [5.74, 6) is 1.61. The van der Waals surface area contributed by atoms with Gasteiger partial charge in [0, 0.05) is 50.2 Å². The molecule has 0 amide bonds. The van der Waals surface area contributed by atoms with Crippen molar-refractivity contribution in [2.45, 2.75) is 46.1 Å². The second kappa shape index (κ2) is 7.18. The van der Waals surface area contributed by atoms with Crippen molar-refractivity contribution in [1.29, 1.82) is 0 Å². The first-order valence-corrected chi connectivity index (χ1v) is 8.52. The molecule has 1 atom stereocenters. The summed E-state index contributed by atoms with van der Waals surface area (Å²) >= 11 is 0. The lowest BCUT2D eigenvalue weighted by atomic mass is 9.65. The van der Waals surface area contributed by atoms with Crippen LogP contribution < -0.4 is 5.32 Å². The van der Waals surface area contributed by atoms with E-state index >= 15 is 0 Å². The minimum Gasteiger partial charge on any atom is -0.381 e. The third-order valence-corrected chi connectivity index (χ3v) is 5.48. The van der Waals surface area contributed by atoms with Crippen LogP contribution in [0.2, 0.25) is 0 Å². The maximum absolute atomic E-state index is 5.73. The third-order valence-electron chi connectivity index (χ3n) is 5.48. The van der Waals surface area contributed by atoms with Crippen molar-refractivity contribution in [2.75, 3.05) is 46.6 Å². The summed E-state index contributed by atoms with van der Waals surface area (Å²) in [7, 11) is 1.86. The average Bonchev–Trinajstić information content (AvgIpc) is 2.98. The van der Waals surface area contributed by atoms with Crippen molar-refractivity contribution >= 4 is 5.96 Å². The van der Waals surface area contributed by atoms with Gasteiger partial charge in [-0.25, -0.2) is 0 Å². The van der Waals surface area contributed by atoms with Gasteiger partial charge in [0.05, 0.1) is 13.2 Å². The topological polar surface area (TPSA) is 46.1 Å². The molecule has 0 aromatic rings. The highest BCUT2D eigenvalue weighted by molar-refractivity contribution is 5.81. The van der Waals surface area contributed by atoms with E-state index in [0.717, 1.165) is 58.3 Å². The standard InChI is InChI=1S/C17H33N3O2/c1-16(2)13-20(17(16,3)4)15(18-5)19-8-6-9-21-11-14-7-10-22-12-14/h14H,6-13H2,1-5H3,(H,18,19). The predicted molar refractivity (Wildman–Crippen MR) is 90.3 cm³/mol. The van der Waals surface area contributed by atoms with E-state index < -0.39 is 0 Å². The van der Waals surface area contributed by atoms with E-state index in [0.29, 0.717) is 11.3 Å². The first-order valence-electron chi connectivity index (χ1n) is 8.52. The van der Waals surface area contributed by atoms with Gasteiger partial charge in [0.15, 0.2) is 5.96 Å². The first kappa shape index (κ1) is 17.5. The van der Waals surface area contributed by atoms with Gasteiger partial charge in [-0.1, -0.05) is 13.8 Å². The quantitative estimate of drug-likeness (QED) is 0.464. The van der Waals surface area contributed by atoms with Gasteiger partial charge in [0.2, 0.25) is 0 Å². The SMILES string of the molecule is CN=C(NCCCOCC1CCOC1)N1CC(C)(C)C1(C)C. The molecule has 0 saturated carbocycles. The fraction of sp³-hybridized carbons (Fsp3) is 0.941. The highest BCUT2D eigenvalue weighted by Gasteiger charge is 2.53. The van der Waals surface area contributed by atoms with E-state index in [1.807, 2.05) is 7.05 Å². The predicted octanol–water partition coefficient (Wildman–Crippen LogP) is 2.13. The molecule has 22 heavy (non-hydrogen) atoms. The minimum absolute atomic E-state index is 0.147. The Kier molecular flexibility index (Phi) is 5.72. The van der Waals surface area contributed by atoms with E-state index in [2.05, 4.69) is 42.9 Å². The molecule has 0 aromatic heterocycles. The number of hydrogen-bond acceptors (Lipinski definition) is 3. The molecule has 0 spiro atoms. The van der Waals surface area contributed by atoms with Crippen LogP contribution in [0.25, 0.3) is 0 Å². The zero-order valence-corrected chi connectivity index (χ0v) is 14.9. The first-order chi connectivity index (χ1) is 10.4. The van der Waals surface area contributed by atoms with Crippen molar-refractivity contribution in [3.8, 4) is 0 Å². The summed E-state index contributed by atoms with van der Waals surface area (Å²) in [5, 5.41) is 3.46. The lowest BCUT2D eigenvalue weighted by Gasteiger charge is -2.62. The van der Waals surface area contributed by atoms with Crippen LogP contribution in [0.1, 0.15) is 40.5 Å². The zero-order chi connectivity index (χ0) is 16.2. The Morgan fingerprint density at radius 3 is 2.68 bits per heavy atom. The molecule has 2 aliphatic rings. The summed E-state index contributed by atoms with van der Waals surface area (Å²) in [4.78, 5) is 6.79. The monoisotopic (exact) mass is 311 g/mol. The molecule has 1 N–H and O–H groups in total. The van der Waals surface area contributed by atoms with Gasteiger partial charge < -0.3 is 19.7 Å². The fourth-order valence-corrected chi connectivity index (χ4v) is 3.03. The lowest BCUT2D eigenvalue weighted by Crippen LogP contribution is -2.72. The lowest BCUT2D eigenvalue weighted by molar-refractivity contribution is -0.0667. The second-order valence-corrected chi connectivity index (χ2v) is 7.66. The summed E-state index contributed by atoms with van der Waals surface area (Å²) in [6.07, 6.45) is 2.15. The number of nitrogens with zero attached hydrogens (tertiary/aromatic N) is 2. The molecule has 1 unspecified atom stereocenters. The highest BCUT2D eigenvalue weighted by atomic mass is 16.5. The van der Waals surface area contributed by atoms with Crippen LogP contribution in [-0.2, 0) is 9.47 Å². The van der Waals surface area contributed by atoms with Gasteiger partial charge in [-0.15, -0.1) is 0 Å². The molecule has 2 saturated heterocycles. The Balaban J connectivity index is 1.61. The molecule has 0 aliphatic carbocycles. The van der Waals surface area contributed by atoms with Crippen molar-refractivity contribution in [3.63, 3.8) is 0 Å². The average molecular weight is 311 g/mol. The Bertz CT molecular complexity index is 387.